The molecule has 0 unspecified atom stereocenters. The molecular formula is C24H20N2O4. The Balaban J connectivity index is 1.83. The molecule has 0 aliphatic rings. The molecule has 0 aliphatic carbocycles. The van der Waals surface area contributed by atoms with Gasteiger partial charge in [-0.1, -0.05) is 24.3 Å². The largest absolute Gasteiger partial charge is 0.465 e. The van der Waals surface area contributed by atoms with Crippen LogP contribution >= 0.6 is 0 Å². The molecule has 6 heteroatoms. The number of furan rings is 1. The number of anilines is 1. The molecule has 0 bridgehead atoms. The maximum atomic E-state index is 12.5. The Bertz CT molecular complexity index is 1180. The molecule has 0 saturated heterocycles. The number of ether oxygens (including phenoxy) is 1. The third-order valence-corrected chi connectivity index (χ3v) is 4.58. The van der Waals surface area contributed by atoms with E-state index in [0.717, 1.165) is 16.7 Å². The maximum Gasteiger partial charge on any atom is 0.337 e. The van der Waals surface area contributed by atoms with Crippen LogP contribution in [-0.2, 0) is 9.53 Å². The van der Waals surface area contributed by atoms with Crippen molar-refractivity contribution >= 4 is 23.6 Å². The topological polar surface area (TPSA) is 92.3 Å². The third kappa shape index (κ3) is 4.47. The molecule has 0 aliphatic heterocycles. The van der Waals surface area contributed by atoms with Gasteiger partial charge in [0, 0.05) is 17.3 Å². The quantitative estimate of drug-likeness (QED) is 0.374. The number of benzene rings is 2. The summed E-state index contributed by atoms with van der Waals surface area (Å²) in [6, 6.07) is 17.8. The van der Waals surface area contributed by atoms with Gasteiger partial charge in [-0.25, -0.2) is 4.79 Å². The van der Waals surface area contributed by atoms with E-state index in [1.54, 1.807) is 36.4 Å². The second kappa shape index (κ2) is 8.93. The number of carbonyl (C=O) groups excluding carboxylic acids is 2. The van der Waals surface area contributed by atoms with Crippen LogP contribution in [0.3, 0.4) is 0 Å². The number of esters is 1. The number of nitrogens with one attached hydrogen (secondary N) is 1. The predicted molar refractivity (Wildman–Crippen MR) is 114 cm³/mol. The van der Waals surface area contributed by atoms with Crippen molar-refractivity contribution in [3.8, 4) is 17.4 Å². The Labute approximate surface area is 174 Å². The van der Waals surface area contributed by atoms with E-state index in [9.17, 15) is 14.9 Å². The van der Waals surface area contributed by atoms with E-state index < -0.39 is 11.9 Å². The summed E-state index contributed by atoms with van der Waals surface area (Å²) in [7, 11) is 1.33. The highest BCUT2D eigenvalue weighted by Crippen LogP contribution is 2.27. The summed E-state index contributed by atoms with van der Waals surface area (Å²) in [6.45, 7) is 3.73. The average molecular weight is 400 g/mol. The predicted octanol–water partition coefficient (Wildman–Crippen LogP) is 4.90. The standard InChI is InChI=1S/C24H20N2O4/c1-15-6-4-5-7-21(15)26-23(27)18(14-25)13-19-9-11-22(30-19)20-10-8-17(12-16(20)2)24(28)29-3/h4-13H,1-3H3,(H,26,27)/b18-13-. The van der Waals surface area contributed by atoms with E-state index in [0.29, 0.717) is 22.8 Å². The molecule has 0 fully saturated rings. The fraction of sp³-hybridized carbons (Fsp3) is 0.125. The highest BCUT2D eigenvalue weighted by atomic mass is 16.5. The lowest BCUT2D eigenvalue weighted by atomic mass is 10.0. The summed E-state index contributed by atoms with van der Waals surface area (Å²) in [6.07, 6.45) is 1.40. The Kier molecular flexibility index (Phi) is 6.14. The number of aryl methyl sites for hydroxylation is 2. The van der Waals surface area contributed by atoms with Gasteiger partial charge < -0.3 is 14.5 Å². The number of methoxy groups -OCH3 is 1. The Hall–Kier alpha value is -4.11. The third-order valence-electron chi connectivity index (χ3n) is 4.58. The van der Waals surface area contributed by atoms with Crippen LogP contribution in [0.4, 0.5) is 5.69 Å². The van der Waals surface area contributed by atoms with E-state index in [1.807, 2.05) is 38.1 Å². The van der Waals surface area contributed by atoms with Crippen molar-refractivity contribution < 1.29 is 18.7 Å². The van der Waals surface area contributed by atoms with E-state index >= 15 is 0 Å². The van der Waals surface area contributed by atoms with E-state index in [1.165, 1.54) is 13.2 Å². The van der Waals surface area contributed by atoms with Crippen LogP contribution in [-0.4, -0.2) is 19.0 Å². The van der Waals surface area contributed by atoms with Crippen molar-refractivity contribution in [2.75, 3.05) is 12.4 Å². The molecule has 0 spiro atoms. The molecule has 30 heavy (non-hydrogen) atoms. The number of hydrogen-bond donors (Lipinski definition) is 1. The molecule has 1 heterocycles. The Morgan fingerprint density at radius 1 is 1.07 bits per heavy atom. The average Bonchev–Trinajstić information content (AvgIpc) is 3.21. The van der Waals surface area contributed by atoms with Crippen molar-refractivity contribution in [3.63, 3.8) is 0 Å². The number of rotatable bonds is 5. The van der Waals surface area contributed by atoms with Crippen molar-refractivity contribution in [2.24, 2.45) is 0 Å². The zero-order chi connectivity index (χ0) is 21.7. The molecule has 1 aromatic heterocycles. The SMILES string of the molecule is COC(=O)c1ccc(-c2ccc(/C=C(/C#N)C(=O)Nc3ccccc3C)o2)c(C)c1. The summed E-state index contributed by atoms with van der Waals surface area (Å²) in [5, 5.41) is 12.2. The number of hydrogen-bond acceptors (Lipinski definition) is 5. The van der Waals surface area contributed by atoms with Crippen LogP contribution in [0.25, 0.3) is 17.4 Å². The summed E-state index contributed by atoms with van der Waals surface area (Å²) < 4.78 is 10.5. The molecular weight excluding hydrogens is 380 g/mol. The van der Waals surface area contributed by atoms with Gasteiger partial charge in [0.05, 0.1) is 12.7 Å². The van der Waals surface area contributed by atoms with Gasteiger partial charge in [-0.15, -0.1) is 0 Å². The second-order valence-electron chi connectivity index (χ2n) is 6.66. The minimum absolute atomic E-state index is 0.0723. The molecule has 3 aromatic rings. The van der Waals surface area contributed by atoms with Crippen molar-refractivity contribution in [1.29, 1.82) is 5.26 Å². The van der Waals surface area contributed by atoms with Crippen molar-refractivity contribution in [2.45, 2.75) is 13.8 Å². The van der Waals surface area contributed by atoms with Crippen molar-refractivity contribution in [1.82, 2.24) is 0 Å². The summed E-state index contributed by atoms with van der Waals surface area (Å²) >= 11 is 0. The minimum atomic E-state index is -0.511. The molecule has 3 rings (SSSR count). The maximum absolute atomic E-state index is 12.5. The molecule has 1 N–H and O–H groups in total. The zero-order valence-corrected chi connectivity index (χ0v) is 16.9. The number of amides is 1. The van der Waals surface area contributed by atoms with Gasteiger partial charge in [-0.05, 0) is 55.3 Å². The van der Waals surface area contributed by atoms with Crippen LogP contribution in [0.15, 0.2) is 64.6 Å². The highest BCUT2D eigenvalue weighted by molar-refractivity contribution is 6.09. The van der Waals surface area contributed by atoms with Gasteiger partial charge in [-0.2, -0.15) is 5.26 Å². The monoisotopic (exact) mass is 400 g/mol. The molecule has 0 radical (unpaired) electrons. The van der Waals surface area contributed by atoms with E-state index in [4.69, 9.17) is 9.15 Å². The normalized spacial score (nSPS) is 10.9. The molecule has 6 nitrogen and oxygen atoms in total. The lowest BCUT2D eigenvalue weighted by molar-refractivity contribution is -0.112. The Morgan fingerprint density at radius 2 is 1.83 bits per heavy atom. The fourth-order valence-electron chi connectivity index (χ4n) is 2.95. The van der Waals surface area contributed by atoms with Crippen LogP contribution in [0.1, 0.15) is 27.2 Å². The number of carbonyl (C=O) groups is 2. The van der Waals surface area contributed by atoms with Crippen LogP contribution in [0.2, 0.25) is 0 Å². The first-order valence-corrected chi connectivity index (χ1v) is 9.21. The summed E-state index contributed by atoms with van der Waals surface area (Å²) in [4.78, 5) is 24.1. The smallest absolute Gasteiger partial charge is 0.337 e. The molecule has 150 valence electrons. The van der Waals surface area contributed by atoms with Crippen LogP contribution in [0.5, 0.6) is 0 Å². The molecule has 0 atom stereocenters. The van der Waals surface area contributed by atoms with Gasteiger partial charge in [0.2, 0.25) is 0 Å². The second-order valence-corrected chi connectivity index (χ2v) is 6.66. The first kappa shape index (κ1) is 20.6. The van der Waals surface area contributed by atoms with Crippen LogP contribution < -0.4 is 5.32 Å². The summed E-state index contributed by atoms with van der Waals surface area (Å²) in [5.74, 6) is 0.0131. The molecule has 0 saturated carbocycles. The summed E-state index contributed by atoms with van der Waals surface area (Å²) in [5.41, 5.74) is 3.55. The van der Waals surface area contributed by atoms with Gasteiger partial charge in [0.1, 0.15) is 23.2 Å². The highest BCUT2D eigenvalue weighted by Gasteiger charge is 2.14. The molecule has 2 aromatic carbocycles. The van der Waals surface area contributed by atoms with Gasteiger partial charge in [0.15, 0.2) is 0 Å². The fourth-order valence-corrected chi connectivity index (χ4v) is 2.95. The number of para-hydroxylation sites is 1. The van der Waals surface area contributed by atoms with Gasteiger partial charge in [-0.3, -0.25) is 4.79 Å². The number of nitriles is 1. The Morgan fingerprint density at radius 3 is 2.50 bits per heavy atom. The molecule has 1 amide bonds. The minimum Gasteiger partial charge on any atom is -0.465 e. The van der Waals surface area contributed by atoms with Crippen LogP contribution in [0, 0.1) is 25.2 Å². The first-order valence-electron chi connectivity index (χ1n) is 9.21. The van der Waals surface area contributed by atoms with Crippen molar-refractivity contribution in [3.05, 3.63) is 82.6 Å². The van der Waals surface area contributed by atoms with E-state index in [2.05, 4.69) is 5.32 Å². The lowest BCUT2D eigenvalue weighted by Crippen LogP contribution is -2.14. The van der Waals surface area contributed by atoms with E-state index in [-0.39, 0.29) is 5.57 Å². The first-order chi connectivity index (χ1) is 14.4. The number of nitrogens with zero attached hydrogens (tertiary/aromatic N) is 1. The lowest BCUT2D eigenvalue weighted by Gasteiger charge is -2.07. The zero-order valence-electron chi connectivity index (χ0n) is 16.9. The van der Waals surface area contributed by atoms with Gasteiger partial charge >= 0.3 is 5.97 Å². The van der Waals surface area contributed by atoms with Gasteiger partial charge in [0.25, 0.3) is 5.91 Å².